The molecule has 0 amide bonds. The van der Waals surface area contributed by atoms with Gasteiger partial charge in [-0.2, -0.15) is 17.6 Å². The van der Waals surface area contributed by atoms with E-state index in [2.05, 4.69) is 4.98 Å². The number of rotatable bonds is 1. The third kappa shape index (κ3) is 2.13. The van der Waals surface area contributed by atoms with Crippen LogP contribution in [0.15, 0.2) is 12.3 Å². The van der Waals surface area contributed by atoms with E-state index in [1.54, 1.807) is 0 Å². The summed E-state index contributed by atoms with van der Waals surface area (Å²) in [5.74, 6) is -1.30. The standard InChI is InChI=1S/C7H5ClF4N2/c8-3-1-2-14-6(9)4(3)5(13)7(10,11)12/h1-2,5H,13H2. The Morgan fingerprint density at radius 3 is 2.43 bits per heavy atom. The van der Waals surface area contributed by atoms with Gasteiger partial charge in [-0.05, 0) is 6.07 Å². The molecule has 1 heterocycles. The third-order valence-electron chi connectivity index (χ3n) is 1.55. The monoisotopic (exact) mass is 228 g/mol. The summed E-state index contributed by atoms with van der Waals surface area (Å²) in [5, 5.41) is -0.387. The van der Waals surface area contributed by atoms with Crippen molar-refractivity contribution < 1.29 is 17.6 Å². The summed E-state index contributed by atoms with van der Waals surface area (Å²) >= 11 is 5.37. The van der Waals surface area contributed by atoms with Gasteiger partial charge in [0, 0.05) is 6.20 Å². The minimum absolute atomic E-state index is 0.387. The summed E-state index contributed by atoms with van der Waals surface area (Å²) < 4.78 is 49.2. The summed E-state index contributed by atoms with van der Waals surface area (Å²) in [7, 11) is 0. The average molecular weight is 229 g/mol. The van der Waals surface area contributed by atoms with Crippen molar-refractivity contribution in [2.45, 2.75) is 12.2 Å². The van der Waals surface area contributed by atoms with E-state index >= 15 is 0 Å². The molecule has 1 aromatic heterocycles. The number of alkyl halides is 3. The van der Waals surface area contributed by atoms with Crippen molar-refractivity contribution in [2.75, 3.05) is 0 Å². The zero-order valence-electron chi connectivity index (χ0n) is 6.65. The molecule has 1 rings (SSSR count). The Balaban J connectivity index is 3.19. The molecule has 2 nitrogen and oxygen atoms in total. The predicted octanol–water partition coefficient (Wildman–Crippen LogP) is 2.44. The summed E-state index contributed by atoms with van der Waals surface area (Å²) in [5.41, 5.74) is 3.95. The maximum atomic E-state index is 12.9. The maximum Gasteiger partial charge on any atom is 0.407 e. The van der Waals surface area contributed by atoms with Crippen LogP contribution in [0.1, 0.15) is 11.6 Å². The van der Waals surface area contributed by atoms with Crippen LogP contribution in [0.3, 0.4) is 0 Å². The molecule has 0 aromatic carbocycles. The SMILES string of the molecule is NC(c1c(Cl)ccnc1F)C(F)(F)F. The Kier molecular flexibility index (Phi) is 2.96. The van der Waals surface area contributed by atoms with Crippen LogP contribution in [0.25, 0.3) is 0 Å². The molecule has 1 unspecified atom stereocenters. The van der Waals surface area contributed by atoms with Gasteiger partial charge in [-0.15, -0.1) is 0 Å². The van der Waals surface area contributed by atoms with Gasteiger partial charge in [-0.25, -0.2) is 4.98 Å². The fourth-order valence-electron chi connectivity index (χ4n) is 0.867. The lowest BCUT2D eigenvalue weighted by Gasteiger charge is -2.16. The zero-order valence-corrected chi connectivity index (χ0v) is 7.40. The summed E-state index contributed by atoms with van der Waals surface area (Å²) in [6.07, 6.45) is -3.78. The minimum Gasteiger partial charge on any atom is -0.316 e. The number of halogens is 5. The van der Waals surface area contributed by atoms with Crippen LogP contribution in [-0.4, -0.2) is 11.2 Å². The molecule has 0 radical (unpaired) electrons. The van der Waals surface area contributed by atoms with E-state index in [0.717, 1.165) is 12.3 Å². The molecule has 7 heteroatoms. The second kappa shape index (κ2) is 3.70. The first-order chi connectivity index (χ1) is 6.34. The maximum absolute atomic E-state index is 12.9. The van der Waals surface area contributed by atoms with Gasteiger partial charge in [0.2, 0.25) is 5.95 Å². The lowest BCUT2D eigenvalue weighted by molar-refractivity contribution is -0.149. The van der Waals surface area contributed by atoms with Crippen LogP contribution in [0.4, 0.5) is 17.6 Å². The average Bonchev–Trinajstić information content (AvgIpc) is 2.01. The topological polar surface area (TPSA) is 38.9 Å². The first-order valence-electron chi connectivity index (χ1n) is 3.46. The third-order valence-corrected chi connectivity index (χ3v) is 1.88. The number of hydrogen-bond acceptors (Lipinski definition) is 2. The van der Waals surface area contributed by atoms with Crippen LogP contribution in [-0.2, 0) is 0 Å². The highest BCUT2D eigenvalue weighted by atomic mass is 35.5. The molecule has 0 fully saturated rings. The van der Waals surface area contributed by atoms with Crippen LogP contribution >= 0.6 is 11.6 Å². The molecule has 0 spiro atoms. The van der Waals surface area contributed by atoms with E-state index in [1.807, 2.05) is 0 Å². The molecule has 0 aliphatic rings. The highest BCUT2D eigenvalue weighted by molar-refractivity contribution is 6.31. The molecular formula is C7H5ClF4N2. The van der Waals surface area contributed by atoms with Crippen molar-refractivity contribution in [1.29, 1.82) is 0 Å². The van der Waals surface area contributed by atoms with Crippen molar-refractivity contribution in [3.05, 3.63) is 28.8 Å². The Labute approximate surface area is 81.7 Å². The van der Waals surface area contributed by atoms with Gasteiger partial charge in [0.25, 0.3) is 0 Å². The van der Waals surface area contributed by atoms with Gasteiger partial charge in [-0.3, -0.25) is 0 Å². The van der Waals surface area contributed by atoms with Gasteiger partial charge in [0.15, 0.2) is 0 Å². The fraction of sp³-hybridized carbons (Fsp3) is 0.286. The van der Waals surface area contributed by atoms with Crippen molar-refractivity contribution in [1.82, 2.24) is 4.98 Å². The van der Waals surface area contributed by atoms with E-state index in [1.165, 1.54) is 0 Å². The Bertz CT molecular complexity index is 319. The van der Waals surface area contributed by atoms with Crippen LogP contribution in [0, 0.1) is 5.95 Å². The van der Waals surface area contributed by atoms with E-state index in [4.69, 9.17) is 17.3 Å². The van der Waals surface area contributed by atoms with E-state index < -0.39 is 23.7 Å². The van der Waals surface area contributed by atoms with Gasteiger partial charge in [0.05, 0.1) is 10.6 Å². The number of hydrogen-bond donors (Lipinski definition) is 1. The van der Waals surface area contributed by atoms with Crippen LogP contribution in [0.5, 0.6) is 0 Å². The predicted molar refractivity (Wildman–Crippen MR) is 42.2 cm³/mol. The highest BCUT2D eigenvalue weighted by Gasteiger charge is 2.40. The molecule has 78 valence electrons. The number of nitrogens with two attached hydrogens (primary N) is 1. The van der Waals surface area contributed by atoms with Crippen LogP contribution < -0.4 is 5.73 Å². The molecule has 0 bridgehead atoms. The van der Waals surface area contributed by atoms with Crippen molar-refractivity contribution in [2.24, 2.45) is 5.73 Å². The Morgan fingerprint density at radius 2 is 2.00 bits per heavy atom. The molecular weight excluding hydrogens is 224 g/mol. The van der Waals surface area contributed by atoms with E-state index in [-0.39, 0.29) is 5.02 Å². The largest absolute Gasteiger partial charge is 0.407 e. The lowest BCUT2D eigenvalue weighted by atomic mass is 10.1. The van der Waals surface area contributed by atoms with Gasteiger partial charge < -0.3 is 5.73 Å². The molecule has 1 atom stereocenters. The first kappa shape index (κ1) is 11.2. The molecule has 0 aliphatic heterocycles. The van der Waals surface area contributed by atoms with E-state index in [0.29, 0.717) is 0 Å². The summed E-state index contributed by atoms with van der Waals surface area (Å²) in [6, 6.07) is -1.41. The quantitative estimate of drug-likeness (QED) is 0.592. The minimum atomic E-state index is -4.74. The smallest absolute Gasteiger partial charge is 0.316 e. The fourth-order valence-corrected chi connectivity index (χ4v) is 1.12. The first-order valence-corrected chi connectivity index (χ1v) is 3.84. The number of nitrogens with zero attached hydrogens (tertiary/aromatic N) is 1. The summed E-state index contributed by atoms with van der Waals surface area (Å²) in [6.45, 7) is 0. The van der Waals surface area contributed by atoms with Crippen molar-refractivity contribution >= 4 is 11.6 Å². The Hall–Kier alpha value is -0.880. The van der Waals surface area contributed by atoms with E-state index in [9.17, 15) is 17.6 Å². The summed E-state index contributed by atoms with van der Waals surface area (Å²) in [4.78, 5) is 3.04. The van der Waals surface area contributed by atoms with Crippen molar-refractivity contribution in [3.63, 3.8) is 0 Å². The van der Waals surface area contributed by atoms with Crippen molar-refractivity contribution in [3.8, 4) is 0 Å². The van der Waals surface area contributed by atoms with Gasteiger partial charge in [-0.1, -0.05) is 11.6 Å². The molecule has 0 aliphatic carbocycles. The molecule has 1 aromatic rings. The second-order valence-electron chi connectivity index (χ2n) is 2.52. The molecule has 14 heavy (non-hydrogen) atoms. The Morgan fingerprint density at radius 1 is 1.43 bits per heavy atom. The zero-order chi connectivity index (χ0) is 10.9. The normalized spacial score (nSPS) is 14.1. The van der Waals surface area contributed by atoms with Crippen LogP contribution in [0.2, 0.25) is 5.02 Å². The number of aromatic nitrogens is 1. The van der Waals surface area contributed by atoms with Gasteiger partial charge in [0.1, 0.15) is 6.04 Å². The number of pyridine rings is 1. The second-order valence-corrected chi connectivity index (χ2v) is 2.92. The van der Waals surface area contributed by atoms with Gasteiger partial charge >= 0.3 is 6.18 Å². The highest BCUT2D eigenvalue weighted by Crippen LogP contribution is 2.34. The molecule has 0 saturated carbocycles. The molecule has 2 N–H and O–H groups in total. The lowest BCUT2D eigenvalue weighted by Crippen LogP contribution is -2.29. The molecule has 0 saturated heterocycles.